The molecule has 2 rings (SSSR count). The maximum atomic E-state index is 12.1. The molecule has 1 unspecified atom stereocenters. The standard InChI is InChI=1S/C17H25NO2S/c1-3-4-11-20-12-7-10-18-16(19)13-21-17(18)15-9-6-5-8-14(15)2/h5-6,8-9,17H,3-4,7,10-13H2,1-2H3. The first kappa shape index (κ1) is 16.4. The fourth-order valence-corrected chi connectivity index (χ4v) is 3.82. The number of hydrogen-bond acceptors (Lipinski definition) is 3. The zero-order valence-corrected chi connectivity index (χ0v) is 13.8. The van der Waals surface area contributed by atoms with Gasteiger partial charge in [0, 0.05) is 19.8 Å². The number of hydrogen-bond donors (Lipinski definition) is 0. The molecule has 4 heteroatoms. The van der Waals surface area contributed by atoms with E-state index in [1.165, 1.54) is 11.1 Å². The Kier molecular flexibility index (Phi) is 6.58. The molecular weight excluding hydrogens is 282 g/mol. The van der Waals surface area contributed by atoms with Crippen LogP contribution in [-0.4, -0.2) is 36.3 Å². The van der Waals surface area contributed by atoms with Crippen LogP contribution in [0.2, 0.25) is 0 Å². The molecule has 1 aliphatic heterocycles. The second kappa shape index (κ2) is 8.44. The van der Waals surface area contributed by atoms with E-state index in [0.29, 0.717) is 5.75 Å². The lowest BCUT2D eigenvalue weighted by atomic mass is 10.1. The topological polar surface area (TPSA) is 29.5 Å². The van der Waals surface area contributed by atoms with E-state index in [2.05, 4.69) is 32.0 Å². The Morgan fingerprint density at radius 1 is 1.29 bits per heavy atom. The number of carbonyl (C=O) groups is 1. The molecule has 116 valence electrons. The number of nitrogens with zero attached hydrogens (tertiary/aromatic N) is 1. The second-order valence-corrected chi connectivity index (χ2v) is 6.50. The molecule has 0 aromatic heterocycles. The van der Waals surface area contributed by atoms with Crippen LogP contribution in [0.3, 0.4) is 0 Å². The van der Waals surface area contributed by atoms with Gasteiger partial charge in [0.1, 0.15) is 5.37 Å². The van der Waals surface area contributed by atoms with Crippen LogP contribution in [0, 0.1) is 6.92 Å². The Bertz CT molecular complexity index is 464. The van der Waals surface area contributed by atoms with Gasteiger partial charge in [0.2, 0.25) is 5.91 Å². The van der Waals surface area contributed by atoms with Crippen molar-refractivity contribution < 1.29 is 9.53 Å². The third kappa shape index (κ3) is 4.48. The zero-order valence-electron chi connectivity index (χ0n) is 13.0. The molecule has 1 aliphatic rings. The minimum absolute atomic E-state index is 0.175. The van der Waals surface area contributed by atoms with Crippen molar-refractivity contribution in [3.63, 3.8) is 0 Å². The molecule has 0 radical (unpaired) electrons. The maximum absolute atomic E-state index is 12.1. The van der Waals surface area contributed by atoms with Gasteiger partial charge in [-0.3, -0.25) is 4.79 Å². The summed E-state index contributed by atoms with van der Waals surface area (Å²) in [5, 5.41) is 0.175. The van der Waals surface area contributed by atoms with Crippen molar-refractivity contribution >= 4 is 17.7 Å². The lowest BCUT2D eigenvalue weighted by Gasteiger charge is -2.25. The number of unbranched alkanes of at least 4 members (excludes halogenated alkanes) is 1. The summed E-state index contributed by atoms with van der Waals surface area (Å²) in [4.78, 5) is 14.1. The van der Waals surface area contributed by atoms with E-state index in [0.717, 1.165) is 39.0 Å². The Morgan fingerprint density at radius 3 is 2.81 bits per heavy atom. The van der Waals surface area contributed by atoms with Gasteiger partial charge in [0.15, 0.2) is 0 Å². The molecule has 1 aromatic carbocycles. The predicted molar refractivity (Wildman–Crippen MR) is 88.4 cm³/mol. The number of aryl methyl sites for hydroxylation is 1. The molecule has 1 aromatic rings. The van der Waals surface area contributed by atoms with Gasteiger partial charge in [-0.25, -0.2) is 0 Å². The molecule has 0 N–H and O–H groups in total. The van der Waals surface area contributed by atoms with Crippen molar-refractivity contribution in [1.82, 2.24) is 4.90 Å². The summed E-state index contributed by atoms with van der Waals surface area (Å²) in [7, 11) is 0. The van der Waals surface area contributed by atoms with Crippen LogP contribution < -0.4 is 0 Å². The number of amides is 1. The average molecular weight is 307 g/mol. The summed E-state index contributed by atoms with van der Waals surface area (Å²) < 4.78 is 5.59. The van der Waals surface area contributed by atoms with Gasteiger partial charge in [-0.05, 0) is 30.9 Å². The third-order valence-corrected chi connectivity index (χ3v) is 4.99. The first-order chi connectivity index (χ1) is 10.2. The van der Waals surface area contributed by atoms with Crippen molar-refractivity contribution in [3.8, 4) is 0 Å². The predicted octanol–water partition coefficient (Wildman–Crippen LogP) is 3.78. The molecule has 0 spiro atoms. The van der Waals surface area contributed by atoms with E-state index in [-0.39, 0.29) is 11.3 Å². The Balaban J connectivity index is 1.87. The third-order valence-electron chi connectivity index (χ3n) is 3.75. The Morgan fingerprint density at radius 2 is 2.05 bits per heavy atom. The van der Waals surface area contributed by atoms with Crippen LogP contribution in [0.25, 0.3) is 0 Å². The molecule has 1 saturated heterocycles. The van der Waals surface area contributed by atoms with Crippen LogP contribution in [0.15, 0.2) is 24.3 Å². The van der Waals surface area contributed by atoms with Gasteiger partial charge in [0.25, 0.3) is 0 Å². The fraction of sp³-hybridized carbons (Fsp3) is 0.588. The van der Waals surface area contributed by atoms with E-state index in [9.17, 15) is 4.79 Å². The van der Waals surface area contributed by atoms with Gasteiger partial charge in [0.05, 0.1) is 5.75 Å². The first-order valence-electron chi connectivity index (χ1n) is 7.78. The summed E-state index contributed by atoms with van der Waals surface area (Å²) in [6.45, 7) is 6.65. The number of carbonyl (C=O) groups excluding carboxylic acids is 1. The minimum atomic E-state index is 0.175. The molecule has 1 amide bonds. The van der Waals surface area contributed by atoms with Crippen molar-refractivity contribution in [2.45, 2.75) is 38.5 Å². The van der Waals surface area contributed by atoms with Crippen LogP contribution >= 0.6 is 11.8 Å². The first-order valence-corrected chi connectivity index (χ1v) is 8.83. The summed E-state index contributed by atoms with van der Waals surface area (Å²) in [6, 6.07) is 8.35. The van der Waals surface area contributed by atoms with E-state index in [1.54, 1.807) is 11.8 Å². The molecule has 3 nitrogen and oxygen atoms in total. The number of rotatable bonds is 8. The van der Waals surface area contributed by atoms with E-state index >= 15 is 0 Å². The second-order valence-electron chi connectivity index (χ2n) is 5.43. The van der Waals surface area contributed by atoms with Crippen LogP contribution in [0.5, 0.6) is 0 Å². The SMILES string of the molecule is CCCCOCCCN1C(=O)CSC1c1ccccc1C. The highest BCUT2D eigenvalue weighted by Gasteiger charge is 2.32. The molecule has 1 fully saturated rings. The molecule has 21 heavy (non-hydrogen) atoms. The lowest BCUT2D eigenvalue weighted by molar-refractivity contribution is -0.128. The van der Waals surface area contributed by atoms with E-state index < -0.39 is 0 Å². The van der Waals surface area contributed by atoms with E-state index in [4.69, 9.17) is 4.74 Å². The van der Waals surface area contributed by atoms with Crippen molar-refractivity contribution in [3.05, 3.63) is 35.4 Å². The fourth-order valence-electron chi connectivity index (χ4n) is 2.50. The zero-order chi connectivity index (χ0) is 15.1. The van der Waals surface area contributed by atoms with Gasteiger partial charge >= 0.3 is 0 Å². The number of ether oxygens (including phenoxy) is 1. The van der Waals surface area contributed by atoms with Gasteiger partial charge in [-0.2, -0.15) is 0 Å². The molecule has 1 heterocycles. The van der Waals surface area contributed by atoms with Gasteiger partial charge in [-0.1, -0.05) is 37.6 Å². The summed E-state index contributed by atoms with van der Waals surface area (Å²) in [5.74, 6) is 0.845. The van der Waals surface area contributed by atoms with Crippen molar-refractivity contribution in [2.75, 3.05) is 25.5 Å². The highest BCUT2D eigenvalue weighted by atomic mass is 32.2. The molecule has 0 saturated carbocycles. The smallest absolute Gasteiger partial charge is 0.233 e. The van der Waals surface area contributed by atoms with Gasteiger partial charge < -0.3 is 9.64 Å². The quantitative estimate of drug-likeness (QED) is 0.685. The minimum Gasteiger partial charge on any atom is -0.381 e. The molecular formula is C17H25NO2S. The summed E-state index contributed by atoms with van der Waals surface area (Å²) in [6.07, 6.45) is 3.19. The highest BCUT2D eigenvalue weighted by Crippen LogP contribution is 2.39. The van der Waals surface area contributed by atoms with E-state index in [1.807, 2.05) is 11.0 Å². The van der Waals surface area contributed by atoms with Crippen LogP contribution in [-0.2, 0) is 9.53 Å². The van der Waals surface area contributed by atoms with Crippen molar-refractivity contribution in [2.24, 2.45) is 0 Å². The Hall–Kier alpha value is -1.00. The molecule has 0 aliphatic carbocycles. The molecule has 1 atom stereocenters. The summed E-state index contributed by atoms with van der Waals surface area (Å²) in [5.41, 5.74) is 2.52. The summed E-state index contributed by atoms with van der Waals surface area (Å²) >= 11 is 1.73. The molecule has 0 bridgehead atoms. The average Bonchev–Trinajstić information content (AvgIpc) is 2.84. The number of thioether (sulfide) groups is 1. The normalized spacial score (nSPS) is 18.5. The van der Waals surface area contributed by atoms with Gasteiger partial charge in [-0.15, -0.1) is 11.8 Å². The maximum Gasteiger partial charge on any atom is 0.233 e. The number of benzene rings is 1. The highest BCUT2D eigenvalue weighted by molar-refractivity contribution is 8.00. The largest absolute Gasteiger partial charge is 0.381 e. The van der Waals surface area contributed by atoms with Crippen LogP contribution in [0.4, 0.5) is 0 Å². The monoisotopic (exact) mass is 307 g/mol. The van der Waals surface area contributed by atoms with Crippen LogP contribution in [0.1, 0.15) is 42.7 Å². The lowest BCUT2D eigenvalue weighted by Crippen LogP contribution is -2.30. The van der Waals surface area contributed by atoms with Crippen molar-refractivity contribution in [1.29, 1.82) is 0 Å². The Labute approximate surface area is 132 Å².